The molecule has 0 unspecified atom stereocenters. The Morgan fingerprint density at radius 1 is 1.04 bits per heavy atom. The van der Waals surface area contributed by atoms with Crippen molar-refractivity contribution in [2.75, 3.05) is 13.1 Å². The minimum atomic E-state index is -0.477. The van der Waals surface area contributed by atoms with Crippen LogP contribution in [0.4, 0.5) is 0 Å². The first-order valence-corrected chi connectivity index (χ1v) is 8.95. The monoisotopic (exact) mass is 407 g/mol. The Morgan fingerprint density at radius 2 is 1.72 bits per heavy atom. The maximum atomic E-state index is 12.0. The van der Waals surface area contributed by atoms with E-state index >= 15 is 0 Å². The number of benzene rings is 1. The van der Waals surface area contributed by atoms with Crippen LogP contribution >= 0.6 is 15.9 Å². The number of hydrogen-bond acceptors (Lipinski definition) is 4. The van der Waals surface area contributed by atoms with Crippen LogP contribution in [0.2, 0.25) is 0 Å². The fraction of sp³-hybridized carbons (Fsp3) is 0.333. The highest BCUT2D eigenvalue weighted by Crippen LogP contribution is 2.11. The molecular formula is C18H22BrN3O3. The zero-order valence-corrected chi connectivity index (χ0v) is 15.9. The van der Waals surface area contributed by atoms with Gasteiger partial charge in [-0.3, -0.25) is 25.3 Å². The quantitative estimate of drug-likeness (QED) is 0.691. The van der Waals surface area contributed by atoms with Gasteiger partial charge in [0, 0.05) is 4.47 Å². The average molecular weight is 408 g/mol. The Bertz CT molecular complexity index is 709. The predicted octanol–water partition coefficient (Wildman–Crippen LogP) is 2.89. The molecule has 1 heterocycles. The summed E-state index contributed by atoms with van der Waals surface area (Å²) in [4.78, 5) is 26.1. The summed E-state index contributed by atoms with van der Waals surface area (Å²) < 4.78 is 6.48. The third-order valence-corrected chi connectivity index (χ3v) is 4.28. The number of hydrogen-bond donors (Lipinski definition) is 2. The minimum Gasteiger partial charge on any atom is -0.454 e. The molecule has 1 aromatic heterocycles. The molecule has 0 saturated carbocycles. The molecule has 2 rings (SSSR count). The first-order valence-electron chi connectivity index (χ1n) is 8.16. The van der Waals surface area contributed by atoms with Crippen LogP contribution in [0.15, 0.2) is 45.3 Å². The van der Waals surface area contributed by atoms with Crippen LogP contribution in [0.3, 0.4) is 0 Å². The van der Waals surface area contributed by atoms with Crippen LogP contribution in [0, 0.1) is 0 Å². The van der Waals surface area contributed by atoms with Gasteiger partial charge in [0.15, 0.2) is 5.76 Å². The van der Waals surface area contributed by atoms with Crippen LogP contribution in [-0.4, -0.2) is 29.8 Å². The molecule has 0 atom stereocenters. The largest absolute Gasteiger partial charge is 0.454 e. The molecule has 2 amide bonds. The molecule has 0 saturated heterocycles. The fourth-order valence-corrected chi connectivity index (χ4v) is 2.54. The third-order valence-electron chi connectivity index (χ3n) is 3.75. The maximum Gasteiger partial charge on any atom is 0.305 e. The Kier molecular flexibility index (Phi) is 7.21. The highest BCUT2D eigenvalue weighted by Gasteiger charge is 2.13. The number of amides is 2. The number of carbonyl (C=O) groups is 2. The summed E-state index contributed by atoms with van der Waals surface area (Å²) in [6.45, 7) is 6.61. The Hall–Kier alpha value is -2.12. The molecule has 1 aromatic carbocycles. The van der Waals surface area contributed by atoms with Crippen molar-refractivity contribution in [3.05, 3.63) is 58.0 Å². The molecule has 0 radical (unpaired) electrons. The molecule has 0 bridgehead atoms. The molecule has 7 heteroatoms. The lowest BCUT2D eigenvalue weighted by atomic mass is 10.1. The van der Waals surface area contributed by atoms with Gasteiger partial charge in [-0.15, -0.1) is 0 Å². The van der Waals surface area contributed by atoms with Crippen LogP contribution in [0.1, 0.15) is 35.7 Å². The first-order chi connectivity index (χ1) is 12.0. The number of furan rings is 1. The molecule has 2 aromatic rings. The normalized spacial score (nSPS) is 10.7. The molecule has 6 nitrogen and oxygen atoms in total. The number of rotatable bonds is 7. The molecule has 0 aliphatic heterocycles. The van der Waals surface area contributed by atoms with Crippen LogP contribution in [0.5, 0.6) is 0 Å². The molecular weight excluding hydrogens is 386 g/mol. The van der Waals surface area contributed by atoms with E-state index in [1.54, 1.807) is 12.1 Å². The van der Waals surface area contributed by atoms with Gasteiger partial charge in [-0.05, 0) is 42.9 Å². The van der Waals surface area contributed by atoms with E-state index in [9.17, 15) is 9.59 Å². The van der Waals surface area contributed by atoms with Gasteiger partial charge >= 0.3 is 5.91 Å². The van der Waals surface area contributed by atoms with Gasteiger partial charge in [0.05, 0.1) is 13.0 Å². The van der Waals surface area contributed by atoms with E-state index in [2.05, 4.69) is 45.5 Å². The number of nitrogens with one attached hydrogen (secondary N) is 2. The summed E-state index contributed by atoms with van der Waals surface area (Å²) in [6.07, 6.45) is 0.179. The van der Waals surface area contributed by atoms with Crippen molar-refractivity contribution in [1.82, 2.24) is 15.8 Å². The Morgan fingerprint density at radius 3 is 2.36 bits per heavy atom. The zero-order valence-electron chi connectivity index (χ0n) is 14.3. The predicted molar refractivity (Wildman–Crippen MR) is 98.8 cm³/mol. The Balaban J connectivity index is 1.82. The van der Waals surface area contributed by atoms with Crippen LogP contribution in [-0.2, 0) is 17.8 Å². The van der Waals surface area contributed by atoms with Crippen molar-refractivity contribution >= 4 is 27.7 Å². The van der Waals surface area contributed by atoms with E-state index in [1.807, 2.05) is 24.3 Å². The van der Waals surface area contributed by atoms with Crippen molar-refractivity contribution < 1.29 is 14.0 Å². The average Bonchev–Trinajstić information content (AvgIpc) is 3.08. The van der Waals surface area contributed by atoms with E-state index < -0.39 is 5.91 Å². The number of nitrogens with zero attached hydrogens (tertiary/aromatic N) is 1. The van der Waals surface area contributed by atoms with E-state index in [0.29, 0.717) is 6.54 Å². The third kappa shape index (κ3) is 6.03. The van der Waals surface area contributed by atoms with Crippen LogP contribution in [0.25, 0.3) is 0 Å². The van der Waals surface area contributed by atoms with Crippen LogP contribution < -0.4 is 10.9 Å². The summed E-state index contributed by atoms with van der Waals surface area (Å²) in [7, 11) is 0. The van der Waals surface area contributed by atoms with Gasteiger partial charge in [-0.25, -0.2) is 0 Å². The minimum absolute atomic E-state index is 0.172. The Labute approximate surface area is 155 Å². The van der Waals surface area contributed by atoms with Gasteiger partial charge in [0.2, 0.25) is 5.91 Å². The fourth-order valence-electron chi connectivity index (χ4n) is 2.27. The lowest BCUT2D eigenvalue weighted by molar-refractivity contribution is -0.121. The molecule has 0 aliphatic carbocycles. The highest BCUT2D eigenvalue weighted by molar-refractivity contribution is 9.10. The molecule has 134 valence electrons. The summed E-state index contributed by atoms with van der Waals surface area (Å²) >= 11 is 3.34. The molecule has 0 aliphatic rings. The summed E-state index contributed by atoms with van der Waals surface area (Å²) in [6, 6.07) is 10.8. The van der Waals surface area contributed by atoms with Crippen molar-refractivity contribution in [1.29, 1.82) is 0 Å². The highest BCUT2D eigenvalue weighted by atomic mass is 79.9. The van der Waals surface area contributed by atoms with Gasteiger partial charge in [-0.2, -0.15) is 0 Å². The van der Waals surface area contributed by atoms with Gasteiger partial charge in [0.1, 0.15) is 5.76 Å². The molecule has 0 spiro atoms. The number of halogens is 1. The van der Waals surface area contributed by atoms with Gasteiger partial charge < -0.3 is 4.42 Å². The smallest absolute Gasteiger partial charge is 0.305 e. The SMILES string of the molecule is CCN(CC)Cc1ccc(C(=O)NNC(=O)Cc2ccc(Br)cc2)o1. The van der Waals surface area contributed by atoms with E-state index in [1.165, 1.54) is 0 Å². The molecule has 2 N–H and O–H groups in total. The molecule has 25 heavy (non-hydrogen) atoms. The van der Waals surface area contributed by atoms with Crippen molar-refractivity contribution in [2.24, 2.45) is 0 Å². The van der Waals surface area contributed by atoms with Crippen molar-refractivity contribution in [3.63, 3.8) is 0 Å². The van der Waals surface area contributed by atoms with Gasteiger partial charge in [0.25, 0.3) is 0 Å². The standard InChI is InChI=1S/C18H22BrN3O3/c1-3-22(4-2)12-15-9-10-16(25-15)18(24)21-20-17(23)11-13-5-7-14(19)8-6-13/h5-10H,3-4,11-12H2,1-2H3,(H,20,23)(H,21,24). The zero-order chi connectivity index (χ0) is 18.2. The van der Waals surface area contributed by atoms with Gasteiger partial charge in [-0.1, -0.05) is 41.9 Å². The summed E-state index contributed by atoms with van der Waals surface area (Å²) in [5.74, 6) is 0.113. The van der Waals surface area contributed by atoms with E-state index in [4.69, 9.17) is 4.42 Å². The lowest BCUT2D eigenvalue weighted by Gasteiger charge is -2.15. The number of hydrazine groups is 1. The summed E-state index contributed by atoms with van der Waals surface area (Å²) in [5, 5.41) is 0. The maximum absolute atomic E-state index is 12.0. The van der Waals surface area contributed by atoms with E-state index in [-0.39, 0.29) is 18.1 Å². The second kappa shape index (κ2) is 9.39. The lowest BCUT2D eigenvalue weighted by Crippen LogP contribution is -2.42. The van der Waals surface area contributed by atoms with E-state index in [0.717, 1.165) is 28.9 Å². The topological polar surface area (TPSA) is 74.6 Å². The second-order valence-corrected chi connectivity index (χ2v) is 6.45. The second-order valence-electron chi connectivity index (χ2n) is 5.53. The summed E-state index contributed by atoms with van der Waals surface area (Å²) in [5.41, 5.74) is 5.62. The van der Waals surface area contributed by atoms with Crippen molar-refractivity contribution in [3.8, 4) is 0 Å². The van der Waals surface area contributed by atoms with Crippen molar-refractivity contribution in [2.45, 2.75) is 26.8 Å². The first kappa shape index (κ1) is 19.2. The molecule has 0 fully saturated rings. The number of carbonyl (C=O) groups excluding carboxylic acids is 2.